The van der Waals surface area contributed by atoms with E-state index in [9.17, 15) is 19.2 Å². The number of hydrogen-bond acceptors (Lipinski definition) is 7. The number of hydrogen-bond donors (Lipinski definition) is 2. The zero-order chi connectivity index (χ0) is 28.1. The summed E-state index contributed by atoms with van der Waals surface area (Å²) in [7, 11) is 1.62. The fourth-order valence-electron chi connectivity index (χ4n) is 5.65. The number of imide groups is 1. The Labute approximate surface area is 234 Å². The number of amides is 4. The molecule has 40 heavy (non-hydrogen) atoms. The Balaban J connectivity index is 1.15. The van der Waals surface area contributed by atoms with Crippen molar-refractivity contribution >= 4 is 23.6 Å². The van der Waals surface area contributed by atoms with Crippen LogP contribution in [0.2, 0.25) is 0 Å². The number of likely N-dealkylation sites (tertiary alicyclic amines) is 1. The molecule has 2 fully saturated rings. The van der Waals surface area contributed by atoms with Crippen LogP contribution in [0.15, 0.2) is 42.5 Å². The molecule has 4 amide bonds. The molecule has 2 aromatic rings. The molecule has 0 aliphatic carbocycles. The summed E-state index contributed by atoms with van der Waals surface area (Å²) in [5.41, 5.74) is 3.47. The first-order valence-electron chi connectivity index (χ1n) is 13.9. The summed E-state index contributed by atoms with van der Waals surface area (Å²) in [5, 5.41) is 5.32. The van der Waals surface area contributed by atoms with Crippen LogP contribution in [0.4, 0.5) is 0 Å². The van der Waals surface area contributed by atoms with Gasteiger partial charge in [-0.3, -0.25) is 29.4 Å². The second kappa shape index (κ2) is 12.6. The van der Waals surface area contributed by atoms with Gasteiger partial charge in [0.25, 0.3) is 5.91 Å². The number of nitrogens with one attached hydrogen (secondary N) is 2. The number of benzene rings is 2. The van der Waals surface area contributed by atoms with Crippen LogP contribution in [0.3, 0.4) is 0 Å². The van der Waals surface area contributed by atoms with Crippen molar-refractivity contribution in [1.82, 2.24) is 20.4 Å². The molecule has 0 spiro atoms. The lowest BCUT2D eigenvalue weighted by molar-refractivity contribution is -0.132. The van der Waals surface area contributed by atoms with Crippen molar-refractivity contribution in [3.05, 3.63) is 64.7 Å². The summed E-state index contributed by atoms with van der Waals surface area (Å²) in [6.45, 7) is 4.10. The summed E-state index contributed by atoms with van der Waals surface area (Å²) in [6, 6.07) is 13.0. The van der Waals surface area contributed by atoms with Crippen LogP contribution in [-0.4, -0.2) is 72.8 Å². The minimum atomic E-state index is -0.664. The smallest absolute Gasteiger partial charge is 0.255 e. The lowest BCUT2D eigenvalue weighted by Crippen LogP contribution is -2.46. The van der Waals surface area contributed by atoms with Gasteiger partial charge in [0.2, 0.25) is 17.7 Å². The summed E-state index contributed by atoms with van der Waals surface area (Å²) >= 11 is 0. The molecule has 3 heterocycles. The average Bonchev–Trinajstić information content (AvgIpc) is 3.50. The van der Waals surface area contributed by atoms with Gasteiger partial charge in [-0.15, -0.1) is 0 Å². The fourth-order valence-corrected chi connectivity index (χ4v) is 5.65. The van der Waals surface area contributed by atoms with Crippen LogP contribution < -0.4 is 15.4 Å². The van der Waals surface area contributed by atoms with E-state index >= 15 is 0 Å². The van der Waals surface area contributed by atoms with Crippen LogP contribution in [0.5, 0.6) is 5.75 Å². The third-order valence-electron chi connectivity index (χ3n) is 7.85. The first-order chi connectivity index (χ1) is 19.4. The van der Waals surface area contributed by atoms with Crippen LogP contribution in [0, 0.1) is 5.92 Å². The van der Waals surface area contributed by atoms with Gasteiger partial charge in [0.15, 0.2) is 0 Å². The molecule has 0 aromatic heterocycles. The van der Waals surface area contributed by atoms with E-state index in [0.717, 1.165) is 37.2 Å². The van der Waals surface area contributed by atoms with E-state index in [0.29, 0.717) is 43.9 Å². The number of carbonyl (C=O) groups excluding carboxylic acids is 4. The number of fused-ring (bicyclic) bond motifs is 1. The van der Waals surface area contributed by atoms with E-state index in [4.69, 9.17) is 9.47 Å². The maximum absolute atomic E-state index is 13.1. The Bertz CT molecular complexity index is 1260. The number of rotatable bonds is 10. The number of carbonyl (C=O) groups is 4. The number of nitrogens with zero attached hydrogens (tertiary/aromatic N) is 2. The maximum atomic E-state index is 13.1. The molecule has 2 atom stereocenters. The maximum Gasteiger partial charge on any atom is 0.255 e. The Kier molecular flexibility index (Phi) is 8.76. The first kappa shape index (κ1) is 27.8. The van der Waals surface area contributed by atoms with Gasteiger partial charge in [0.1, 0.15) is 18.4 Å². The summed E-state index contributed by atoms with van der Waals surface area (Å²) in [4.78, 5) is 53.6. The van der Waals surface area contributed by atoms with E-state index < -0.39 is 11.9 Å². The highest BCUT2D eigenvalue weighted by atomic mass is 16.5. The van der Waals surface area contributed by atoms with Gasteiger partial charge >= 0.3 is 0 Å². The van der Waals surface area contributed by atoms with Crippen LogP contribution in [0.25, 0.3) is 0 Å². The molecule has 0 bridgehead atoms. The number of ether oxygens (including phenoxy) is 2. The Hall–Kier alpha value is -3.76. The molecule has 2 N–H and O–H groups in total. The van der Waals surface area contributed by atoms with E-state index in [1.807, 2.05) is 18.2 Å². The molecule has 3 aliphatic heterocycles. The molecule has 3 aliphatic rings. The van der Waals surface area contributed by atoms with Gasteiger partial charge in [0.05, 0.1) is 19.1 Å². The van der Waals surface area contributed by atoms with Gasteiger partial charge in [-0.1, -0.05) is 30.3 Å². The Morgan fingerprint density at radius 3 is 2.67 bits per heavy atom. The normalized spacial score (nSPS) is 21.2. The van der Waals surface area contributed by atoms with Crippen molar-refractivity contribution in [1.29, 1.82) is 0 Å². The van der Waals surface area contributed by atoms with Gasteiger partial charge in [0, 0.05) is 44.3 Å². The third kappa shape index (κ3) is 6.34. The van der Waals surface area contributed by atoms with Gasteiger partial charge in [-0.25, -0.2) is 0 Å². The van der Waals surface area contributed by atoms with Crippen LogP contribution in [-0.2, 0) is 38.8 Å². The molecule has 5 rings (SSSR count). The topological polar surface area (TPSA) is 117 Å². The molecular formula is C30H36N4O6. The molecule has 0 saturated carbocycles. The molecular weight excluding hydrogens is 512 g/mol. The van der Waals surface area contributed by atoms with Crippen LogP contribution in [0.1, 0.15) is 52.7 Å². The Morgan fingerprint density at radius 2 is 1.88 bits per heavy atom. The highest BCUT2D eigenvalue weighted by Gasteiger charge is 2.39. The summed E-state index contributed by atoms with van der Waals surface area (Å²) in [5.74, 6) is -0.194. The number of methoxy groups -OCH3 is 1. The van der Waals surface area contributed by atoms with Gasteiger partial charge in [-0.2, -0.15) is 0 Å². The first-order valence-corrected chi connectivity index (χ1v) is 13.9. The highest BCUT2D eigenvalue weighted by molar-refractivity contribution is 6.04. The lowest BCUT2D eigenvalue weighted by atomic mass is 10.1. The molecule has 2 aromatic carbocycles. The van der Waals surface area contributed by atoms with E-state index in [1.165, 1.54) is 5.56 Å². The zero-order valence-electron chi connectivity index (χ0n) is 22.8. The summed E-state index contributed by atoms with van der Waals surface area (Å²) < 4.78 is 11.1. The van der Waals surface area contributed by atoms with Crippen molar-refractivity contribution in [2.45, 2.75) is 51.4 Å². The highest BCUT2D eigenvalue weighted by Crippen LogP contribution is 2.34. The standard InChI is InChI=1S/C30H36N4O6/c1-39-15-13-31-28(36)22-12-14-33(17-22)16-20-8-10-21(11-9-20)19-40-26-6-2-4-23-24(26)18-34(30(23)38)25-5-3-7-27(35)32-29(25)37/h2,4,6,8-11,22,25H,3,5,7,12-19H2,1H3,(H,31,36)(H,32,35,37)/t22?,25-/m0/s1. The summed E-state index contributed by atoms with van der Waals surface area (Å²) in [6.07, 6.45) is 2.16. The predicted octanol–water partition coefficient (Wildman–Crippen LogP) is 2.00. The monoisotopic (exact) mass is 548 g/mol. The third-order valence-corrected chi connectivity index (χ3v) is 7.85. The molecule has 10 heteroatoms. The van der Waals surface area contributed by atoms with Crippen molar-refractivity contribution in [3.8, 4) is 5.75 Å². The van der Waals surface area contributed by atoms with E-state index in [1.54, 1.807) is 24.1 Å². The molecule has 212 valence electrons. The van der Waals surface area contributed by atoms with Gasteiger partial charge < -0.3 is 19.7 Å². The Morgan fingerprint density at radius 1 is 1.07 bits per heavy atom. The average molecular weight is 549 g/mol. The van der Waals surface area contributed by atoms with E-state index in [-0.39, 0.29) is 36.6 Å². The predicted molar refractivity (Wildman–Crippen MR) is 146 cm³/mol. The second-order valence-corrected chi connectivity index (χ2v) is 10.6. The SMILES string of the molecule is COCCNC(=O)C1CCN(Cc2ccc(COc3cccc4c3CN([C@H]3CCCC(=O)NC3=O)C4=O)cc2)C1. The lowest BCUT2D eigenvalue weighted by Gasteiger charge is -2.24. The van der Waals surface area contributed by atoms with Crippen molar-refractivity contribution in [3.63, 3.8) is 0 Å². The quantitative estimate of drug-likeness (QED) is 0.345. The molecule has 0 radical (unpaired) electrons. The van der Waals surface area contributed by atoms with Crippen molar-refractivity contribution in [2.24, 2.45) is 5.92 Å². The largest absolute Gasteiger partial charge is 0.489 e. The minimum Gasteiger partial charge on any atom is -0.489 e. The minimum absolute atomic E-state index is 0.0133. The molecule has 1 unspecified atom stereocenters. The van der Waals surface area contributed by atoms with Crippen molar-refractivity contribution < 1.29 is 28.7 Å². The van der Waals surface area contributed by atoms with E-state index in [2.05, 4.69) is 27.7 Å². The zero-order valence-corrected chi connectivity index (χ0v) is 22.8. The van der Waals surface area contributed by atoms with Crippen molar-refractivity contribution in [2.75, 3.05) is 33.4 Å². The van der Waals surface area contributed by atoms with Crippen LogP contribution >= 0.6 is 0 Å². The molecule has 2 saturated heterocycles. The second-order valence-electron chi connectivity index (χ2n) is 10.6. The fraction of sp³-hybridized carbons (Fsp3) is 0.467. The van der Waals surface area contributed by atoms with Gasteiger partial charge in [-0.05, 0) is 49.1 Å². The molecule has 10 nitrogen and oxygen atoms in total.